The summed E-state index contributed by atoms with van der Waals surface area (Å²) in [4.78, 5) is 12.0. The molecule has 1 heterocycles. The predicted octanol–water partition coefficient (Wildman–Crippen LogP) is 5.01. The maximum atomic E-state index is 12.0. The summed E-state index contributed by atoms with van der Waals surface area (Å²) in [5.41, 5.74) is 1.66. The lowest BCUT2D eigenvalue weighted by Gasteiger charge is -2.12. The number of hydrogen-bond acceptors (Lipinski definition) is 4. The van der Waals surface area contributed by atoms with Crippen LogP contribution in [0.15, 0.2) is 53.1 Å². The Labute approximate surface area is 142 Å². The van der Waals surface area contributed by atoms with Crippen molar-refractivity contribution in [1.82, 2.24) is 9.88 Å². The van der Waals surface area contributed by atoms with Gasteiger partial charge in [0.2, 0.25) is 0 Å². The molecule has 7 heteroatoms. The molecule has 0 aliphatic heterocycles. The molecule has 2 N–H and O–H groups in total. The summed E-state index contributed by atoms with van der Waals surface area (Å²) in [6, 6.07) is 14.8. The number of anilines is 1. The number of benzene rings is 2. The Kier molecular flexibility index (Phi) is 4.73. The summed E-state index contributed by atoms with van der Waals surface area (Å²) in [5, 5.41) is 7.68. The molecule has 0 aliphatic carbocycles. The van der Waals surface area contributed by atoms with Crippen LogP contribution < -0.4 is 10.0 Å². The number of hydrogen-bond donors (Lipinski definition) is 2. The lowest BCUT2D eigenvalue weighted by atomic mass is 10.2. The van der Waals surface area contributed by atoms with Crippen LogP contribution in [0, 0.1) is 0 Å². The number of carbonyl (C=O) groups excluding carboxylic acids is 1. The average molecular weight is 348 g/mol. The molecule has 3 aromatic rings. The fourth-order valence-corrected chi connectivity index (χ4v) is 2.99. The Balaban J connectivity index is 1.63. The molecule has 0 saturated heterocycles. The third kappa shape index (κ3) is 3.60. The van der Waals surface area contributed by atoms with Crippen LogP contribution in [0.5, 0.6) is 0 Å². The highest BCUT2D eigenvalue weighted by Gasteiger charge is 2.15. The molecule has 2 amide bonds. The lowest BCUT2D eigenvalue weighted by molar-refractivity contribution is 0.257. The second-order valence-corrected chi connectivity index (χ2v) is 6.43. The van der Waals surface area contributed by atoms with Crippen molar-refractivity contribution < 1.29 is 9.32 Å². The average Bonchev–Trinajstić information content (AvgIpc) is 2.98. The van der Waals surface area contributed by atoms with E-state index < -0.39 is 0 Å². The van der Waals surface area contributed by atoms with Gasteiger partial charge in [0.1, 0.15) is 0 Å². The number of amides is 2. The van der Waals surface area contributed by atoms with Gasteiger partial charge in [-0.05, 0) is 36.6 Å². The first kappa shape index (κ1) is 15.7. The Morgan fingerprint density at radius 1 is 1.22 bits per heavy atom. The molecule has 23 heavy (non-hydrogen) atoms. The third-order valence-electron chi connectivity index (χ3n) is 3.28. The Morgan fingerprint density at radius 2 is 2.00 bits per heavy atom. The van der Waals surface area contributed by atoms with Gasteiger partial charge in [0, 0.05) is 5.25 Å². The molecule has 1 atom stereocenters. The van der Waals surface area contributed by atoms with E-state index in [0.717, 1.165) is 5.56 Å². The van der Waals surface area contributed by atoms with Crippen molar-refractivity contribution in [1.29, 1.82) is 0 Å². The van der Waals surface area contributed by atoms with Gasteiger partial charge in [-0.1, -0.05) is 53.2 Å². The first-order valence-corrected chi connectivity index (χ1v) is 8.22. The fraction of sp³-hybridized carbons (Fsp3) is 0.125. The fourth-order valence-electron chi connectivity index (χ4n) is 2.10. The maximum absolute atomic E-state index is 12.0. The van der Waals surface area contributed by atoms with E-state index in [9.17, 15) is 4.79 Å². The topological polar surface area (TPSA) is 67.2 Å². The Hall–Kier alpha value is -2.18. The van der Waals surface area contributed by atoms with Gasteiger partial charge in [0.15, 0.2) is 11.4 Å². The molecule has 0 saturated carbocycles. The predicted molar refractivity (Wildman–Crippen MR) is 93.6 cm³/mol. The van der Waals surface area contributed by atoms with Crippen LogP contribution >= 0.6 is 23.5 Å². The Morgan fingerprint density at radius 3 is 2.78 bits per heavy atom. The van der Waals surface area contributed by atoms with Crippen molar-refractivity contribution in [3.63, 3.8) is 0 Å². The van der Waals surface area contributed by atoms with Crippen molar-refractivity contribution in [2.75, 3.05) is 5.32 Å². The van der Waals surface area contributed by atoms with Crippen LogP contribution in [-0.4, -0.2) is 11.2 Å². The van der Waals surface area contributed by atoms with Gasteiger partial charge >= 0.3 is 6.03 Å². The summed E-state index contributed by atoms with van der Waals surface area (Å²) >= 11 is 7.43. The molecule has 0 fully saturated rings. The molecular weight excluding hydrogens is 334 g/mol. The molecule has 2 aromatic carbocycles. The molecular formula is C16H14ClN3O2S. The minimum absolute atomic E-state index is 0.125. The van der Waals surface area contributed by atoms with Gasteiger partial charge in [-0.2, -0.15) is 0 Å². The van der Waals surface area contributed by atoms with Crippen LogP contribution in [0.1, 0.15) is 17.7 Å². The van der Waals surface area contributed by atoms with E-state index in [4.69, 9.17) is 16.1 Å². The zero-order valence-corrected chi connectivity index (χ0v) is 13.8. The van der Waals surface area contributed by atoms with E-state index >= 15 is 0 Å². The van der Waals surface area contributed by atoms with E-state index in [0.29, 0.717) is 21.8 Å². The minimum Gasteiger partial charge on any atom is -0.354 e. The van der Waals surface area contributed by atoms with Crippen molar-refractivity contribution in [3.8, 4) is 0 Å². The van der Waals surface area contributed by atoms with Crippen LogP contribution in [0.2, 0.25) is 5.02 Å². The van der Waals surface area contributed by atoms with E-state index in [1.54, 1.807) is 18.2 Å². The summed E-state index contributed by atoms with van der Waals surface area (Å²) < 4.78 is 7.89. The minimum atomic E-state index is -0.382. The van der Waals surface area contributed by atoms with E-state index in [-0.39, 0.29) is 11.3 Å². The third-order valence-corrected chi connectivity index (χ3v) is 4.52. The molecule has 118 valence electrons. The van der Waals surface area contributed by atoms with Crippen molar-refractivity contribution in [2.24, 2.45) is 0 Å². The SMILES string of the molecule is CC(SNC(=O)Nc1noc2cccc(Cl)c12)c1ccccc1. The largest absolute Gasteiger partial charge is 0.354 e. The number of nitrogens with zero attached hydrogens (tertiary/aromatic N) is 1. The van der Waals surface area contributed by atoms with Crippen molar-refractivity contribution in [3.05, 3.63) is 59.1 Å². The van der Waals surface area contributed by atoms with Gasteiger partial charge in [-0.15, -0.1) is 0 Å². The van der Waals surface area contributed by atoms with E-state index in [1.807, 2.05) is 37.3 Å². The normalized spacial score (nSPS) is 12.1. The second-order valence-electron chi connectivity index (χ2n) is 4.87. The number of rotatable bonds is 4. The highest BCUT2D eigenvalue weighted by molar-refractivity contribution is 7.98. The monoisotopic (exact) mass is 347 g/mol. The molecule has 1 unspecified atom stereocenters. The number of carbonyl (C=O) groups is 1. The highest BCUT2D eigenvalue weighted by atomic mass is 35.5. The van der Waals surface area contributed by atoms with Gasteiger partial charge in [0.05, 0.1) is 10.4 Å². The first-order valence-electron chi connectivity index (χ1n) is 6.96. The van der Waals surface area contributed by atoms with Gasteiger partial charge < -0.3 is 4.52 Å². The summed E-state index contributed by atoms with van der Waals surface area (Å²) in [6.07, 6.45) is 0. The molecule has 5 nitrogen and oxygen atoms in total. The highest BCUT2D eigenvalue weighted by Crippen LogP contribution is 2.30. The maximum Gasteiger partial charge on any atom is 0.330 e. The number of halogens is 1. The molecule has 3 rings (SSSR count). The Bertz CT molecular complexity index is 823. The van der Waals surface area contributed by atoms with Crippen LogP contribution in [0.25, 0.3) is 11.0 Å². The zero-order valence-electron chi connectivity index (χ0n) is 12.2. The number of urea groups is 1. The van der Waals surface area contributed by atoms with E-state index in [1.165, 1.54) is 11.9 Å². The molecule has 1 aromatic heterocycles. The van der Waals surface area contributed by atoms with Crippen molar-refractivity contribution in [2.45, 2.75) is 12.2 Å². The van der Waals surface area contributed by atoms with Crippen molar-refractivity contribution >= 4 is 46.4 Å². The lowest BCUT2D eigenvalue weighted by Crippen LogP contribution is -2.23. The molecule has 0 radical (unpaired) electrons. The van der Waals surface area contributed by atoms with Gasteiger partial charge in [0.25, 0.3) is 0 Å². The van der Waals surface area contributed by atoms with Crippen LogP contribution in [0.4, 0.5) is 10.6 Å². The molecule has 0 aliphatic rings. The zero-order chi connectivity index (χ0) is 16.2. The summed E-state index contributed by atoms with van der Waals surface area (Å²) in [5.74, 6) is 0.302. The van der Waals surface area contributed by atoms with Gasteiger partial charge in [-0.25, -0.2) is 4.79 Å². The number of nitrogens with one attached hydrogen (secondary N) is 2. The molecule has 0 spiro atoms. The van der Waals surface area contributed by atoms with Crippen LogP contribution in [0.3, 0.4) is 0 Å². The second kappa shape index (κ2) is 6.93. The van der Waals surface area contributed by atoms with Gasteiger partial charge in [-0.3, -0.25) is 10.0 Å². The smallest absolute Gasteiger partial charge is 0.330 e. The number of fused-ring (bicyclic) bond motifs is 1. The quantitative estimate of drug-likeness (QED) is 0.651. The molecule has 0 bridgehead atoms. The number of aromatic nitrogens is 1. The summed E-state index contributed by atoms with van der Waals surface area (Å²) in [6.45, 7) is 2.02. The van der Waals surface area contributed by atoms with E-state index in [2.05, 4.69) is 15.2 Å². The van der Waals surface area contributed by atoms with Crippen LogP contribution in [-0.2, 0) is 0 Å². The first-order chi connectivity index (χ1) is 11.1. The summed E-state index contributed by atoms with van der Waals surface area (Å²) in [7, 11) is 0. The standard InChI is InChI=1S/C16H14ClN3O2S/c1-10(11-6-3-2-4-7-11)23-20-16(21)18-15-14-12(17)8-5-9-13(14)22-19-15/h2-10H,1H3,(H2,18,19,20,21).